The van der Waals surface area contributed by atoms with Crippen LogP contribution in [-0.2, 0) is 25.8 Å². The van der Waals surface area contributed by atoms with Crippen molar-refractivity contribution in [2.75, 3.05) is 0 Å². The van der Waals surface area contributed by atoms with Crippen LogP contribution in [0.1, 0.15) is 148 Å². The van der Waals surface area contributed by atoms with Crippen LogP contribution in [0.25, 0.3) is 0 Å². The van der Waals surface area contributed by atoms with Gasteiger partial charge in [0.1, 0.15) is 11.2 Å². The highest BCUT2D eigenvalue weighted by Gasteiger charge is 2.29. The molecule has 1 N–H and O–H groups in total. The SMILES string of the molecule is CC(C)(OOC(C)(C)c1ccccc1)c1ccccc1.CCCCCCCCCCCCCCCCCC(=O)O. The molecule has 0 radical (unpaired) electrons. The van der Waals surface area contributed by atoms with Crippen molar-refractivity contribution in [2.45, 2.75) is 149 Å². The Morgan fingerprint density at radius 3 is 1.15 bits per heavy atom. The molecule has 4 heteroatoms. The van der Waals surface area contributed by atoms with E-state index in [4.69, 9.17) is 14.9 Å². The van der Waals surface area contributed by atoms with Crippen LogP contribution in [0.2, 0.25) is 0 Å². The third-order valence-corrected chi connectivity index (χ3v) is 7.39. The predicted molar refractivity (Wildman–Crippen MR) is 168 cm³/mol. The van der Waals surface area contributed by atoms with Gasteiger partial charge >= 0.3 is 5.97 Å². The summed E-state index contributed by atoms with van der Waals surface area (Å²) in [5.41, 5.74) is 1.19. The molecule has 0 aliphatic rings. The quantitative estimate of drug-likeness (QED) is 0.0947. The van der Waals surface area contributed by atoms with Crippen molar-refractivity contribution in [1.82, 2.24) is 0 Å². The average Bonchev–Trinajstić information content (AvgIpc) is 2.95. The zero-order chi connectivity index (χ0) is 29.5. The van der Waals surface area contributed by atoms with E-state index in [2.05, 4.69) is 6.92 Å². The minimum absolute atomic E-state index is 0.345. The molecule has 0 unspecified atom stereocenters. The van der Waals surface area contributed by atoms with E-state index >= 15 is 0 Å². The Balaban J connectivity index is 0.000000400. The predicted octanol–water partition coefficient (Wildman–Crippen LogP) is 11.1. The lowest BCUT2D eigenvalue weighted by molar-refractivity contribution is -0.410. The minimum atomic E-state index is -0.653. The molecular formula is C36H58O4. The van der Waals surface area contributed by atoms with Crippen molar-refractivity contribution in [3.63, 3.8) is 0 Å². The molecule has 2 aromatic carbocycles. The zero-order valence-electron chi connectivity index (χ0n) is 26.3. The number of hydrogen-bond acceptors (Lipinski definition) is 3. The lowest BCUT2D eigenvalue weighted by Gasteiger charge is -2.31. The summed E-state index contributed by atoms with van der Waals surface area (Å²) in [4.78, 5) is 21.8. The van der Waals surface area contributed by atoms with Gasteiger partial charge in [-0.1, -0.05) is 157 Å². The molecule has 0 bridgehead atoms. The third kappa shape index (κ3) is 17.5. The van der Waals surface area contributed by atoms with Crippen LogP contribution in [0.4, 0.5) is 0 Å². The van der Waals surface area contributed by atoms with Crippen LogP contribution >= 0.6 is 0 Å². The van der Waals surface area contributed by atoms with E-state index in [9.17, 15) is 4.79 Å². The number of unbranched alkanes of at least 4 members (excludes halogenated alkanes) is 14. The van der Waals surface area contributed by atoms with Gasteiger partial charge in [0, 0.05) is 6.42 Å². The standard InChI is InChI=1S/C18H22O2.C18H36O2/c1-17(2,15-11-7-5-8-12-15)19-20-18(3,4)16-13-9-6-10-14-16;1-2-3-4-5-6-7-8-9-10-11-12-13-14-15-16-17-18(19)20/h5-14H,1-4H3;2-17H2,1H3,(H,19,20). The number of carboxylic acid groups (broad SMARTS) is 1. The molecule has 0 amide bonds. The molecule has 0 heterocycles. The Labute approximate surface area is 245 Å². The lowest BCUT2D eigenvalue weighted by Crippen LogP contribution is -2.29. The van der Waals surface area contributed by atoms with Gasteiger partial charge in [-0.25, -0.2) is 9.78 Å². The van der Waals surface area contributed by atoms with E-state index in [-0.39, 0.29) is 0 Å². The summed E-state index contributed by atoms with van der Waals surface area (Å²) in [7, 11) is 0. The fraction of sp³-hybridized carbons (Fsp3) is 0.639. The molecule has 40 heavy (non-hydrogen) atoms. The van der Waals surface area contributed by atoms with Gasteiger partial charge in [-0.05, 0) is 45.2 Å². The van der Waals surface area contributed by atoms with Crippen molar-refractivity contribution in [1.29, 1.82) is 0 Å². The van der Waals surface area contributed by atoms with Crippen LogP contribution in [0.15, 0.2) is 60.7 Å². The van der Waals surface area contributed by atoms with Crippen molar-refractivity contribution in [2.24, 2.45) is 0 Å². The second-order valence-corrected chi connectivity index (χ2v) is 12.0. The number of hydrogen-bond donors (Lipinski definition) is 1. The molecular weight excluding hydrogens is 496 g/mol. The van der Waals surface area contributed by atoms with Crippen LogP contribution in [0, 0.1) is 0 Å². The van der Waals surface area contributed by atoms with Gasteiger partial charge in [0.2, 0.25) is 0 Å². The van der Waals surface area contributed by atoms with E-state index in [1.165, 1.54) is 83.5 Å². The second kappa shape index (κ2) is 21.6. The number of rotatable bonds is 21. The van der Waals surface area contributed by atoms with E-state index in [1.54, 1.807) is 0 Å². The first kappa shape index (κ1) is 35.9. The normalized spacial score (nSPS) is 11.6. The van der Waals surface area contributed by atoms with Gasteiger partial charge in [0.05, 0.1) is 0 Å². The summed E-state index contributed by atoms with van der Waals surface area (Å²) in [6.07, 6.45) is 20.2. The highest BCUT2D eigenvalue weighted by Crippen LogP contribution is 2.31. The number of aliphatic carboxylic acids is 1. The average molecular weight is 555 g/mol. The summed E-state index contributed by atoms with van der Waals surface area (Å²) in [5, 5.41) is 8.52. The summed E-state index contributed by atoms with van der Waals surface area (Å²) >= 11 is 0. The molecule has 0 fully saturated rings. The van der Waals surface area contributed by atoms with E-state index in [0.29, 0.717) is 6.42 Å². The lowest BCUT2D eigenvalue weighted by atomic mass is 9.98. The fourth-order valence-corrected chi connectivity index (χ4v) is 4.63. The minimum Gasteiger partial charge on any atom is -0.481 e. The Hall–Kier alpha value is -2.17. The van der Waals surface area contributed by atoms with E-state index < -0.39 is 17.2 Å². The first-order chi connectivity index (χ1) is 19.2. The van der Waals surface area contributed by atoms with Gasteiger partial charge in [0.15, 0.2) is 0 Å². The van der Waals surface area contributed by atoms with Crippen LogP contribution in [-0.4, -0.2) is 11.1 Å². The molecule has 0 saturated carbocycles. The Kier molecular flexibility index (Phi) is 19.3. The molecule has 0 saturated heterocycles. The molecule has 2 aromatic rings. The third-order valence-electron chi connectivity index (χ3n) is 7.39. The monoisotopic (exact) mass is 554 g/mol. The largest absolute Gasteiger partial charge is 0.481 e. The number of benzene rings is 2. The van der Waals surface area contributed by atoms with E-state index in [0.717, 1.165) is 24.0 Å². The molecule has 226 valence electrons. The molecule has 2 rings (SSSR count). The number of carboxylic acids is 1. The first-order valence-corrected chi connectivity index (χ1v) is 15.9. The van der Waals surface area contributed by atoms with Gasteiger partial charge < -0.3 is 5.11 Å². The number of carbonyl (C=O) groups is 1. The Morgan fingerprint density at radius 2 is 0.850 bits per heavy atom. The van der Waals surface area contributed by atoms with Gasteiger partial charge in [0.25, 0.3) is 0 Å². The maximum Gasteiger partial charge on any atom is 0.303 e. The maximum atomic E-state index is 10.3. The van der Waals surface area contributed by atoms with Gasteiger partial charge in [-0.15, -0.1) is 0 Å². The fourth-order valence-electron chi connectivity index (χ4n) is 4.63. The molecule has 0 aliphatic heterocycles. The summed E-state index contributed by atoms with van der Waals surface area (Å²) in [6.45, 7) is 10.3. The molecule has 0 atom stereocenters. The Bertz CT molecular complexity index is 809. The zero-order valence-corrected chi connectivity index (χ0v) is 26.3. The molecule has 0 aliphatic carbocycles. The second-order valence-electron chi connectivity index (χ2n) is 12.0. The van der Waals surface area contributed by atoms with Crippen molar-refractivity contribution < 1.29 is 19.7 Å². The van der Waals surface area contributed by atoms with Gasteiger partial charge in [-0.2, -0.15) is 0 Å². The molecule has 0 aromatic heterocycles. The van der Waals surface area contributed by atoms with Crippen LogP contribution in [0.3, 0.4) is 0 Å². The topological polar surface area (TPSA) is 55.8 Å². The van der Waals surface area contributed by atoms with Crippen LogP contribution in [0.5, 0.6) is 0 Å². The summed E-state index contributed by atoms with van der Waals surface area (Å²) in [5.74, 6) is -0.653. The molecule has 0 spiro atoms. The van der Waals surface area contributed by atoms with Crippen LogP contribution < -0.4 is 0 Å². The summed E-state index contributed by atoms with van der Waals surface area (Å²) < 4.78 is 0. The van der Waals surface area contributed by atoms with E-state index in [1.807, 2.05) is 88.4 Å². The highest BCUT2D eigenvalue weighted by molar-refractivity contribution is 5.66. The van der Waals surface area contributed by atoms with Crippen molar-refractivity contribution in [3.05, 3.63) is 71.8 Å². The smallest absolute Gasteiger partial charge is 0.303 e. The summed E-state index contributed by atoms with van der Waals surface area (Å²) in [6, 6.07) is 20.2. The highest BCUT2D eigenvalue weighted by atomic mass is 17.2. The van der Waals surface area contributed by atoms with Crippen molar-refractivity contribution >= 4 is 5.97 Å². The first-order valence-electron chi connectivity index (χ1n) is 15.9. The van der Waals surface area contributed by atoms with Crippen molar-refractivity contribution in [3.8, 4) is 0 Å². The van der Waals surface area contributed by atoms with Gasteiger partial charge in [-0.3, -0.25) is 4.79 Å². The Morgan fingerprint density at radius 1 is 0.550 bits per heavy atom. The maximum absolute atomic E-state index is 10.3. The molecule has 4 nitrogen and oxygen atoms in total.